The summed E-state index contributed by atoms with van der Waals surface area (Å²) >= 11 is 0. The van der Waals surface area contributed by atoms with Crippen LogP contribution in [-0.2, 0) is 54.8 Å². The molecule has 6 nitrogen and oxygen atoms in total. The summed E-state index contributed by atoms with van der Waals surface area (Å²) in [6, 6.07) is 41.0. The van der Waals surface area contributed by atoms with Crippen LogP contribution in [0.2, 0.25) is 0 Å². The van der Waals surface area contributed by atoms with Gasteiger partial charge in [0.05, 0.1) is 33.0 Å². The van der Waals surface area contributed by atoms with E-state index in [-0.39, 0.29) is 0 Å². The lowest BCUT2D eigenvalue weighted by molar-refractivity contribution is -0.328. The first-order valence-corrected chi connectivity index (χ1v) is 22.2. The van der Waals surface area contributed by atoms with Crippen molar-refractivity contribution in [1.29, 1.82) is 0 Å². The topological polar surface area (TPSA) is 55.4 Å². The molecule has 5 rings (SSSR count). The molecule has 57 heavy (non-hydrogen) atoms. The molecule has 0 aromatic heterocycles. The Morgan fingerprint density at radius 2 is 0.754 bits per heavy atom. The van der Waals surface area contributed by atoms with E-state index < -0.39 is 30.7 Å². The van der Waals surface area contributed by atoms with Gasteiger partial charge in [0.2, 0.25) is 0 Å². The summed E-state index contributed by atoms with van der Waals surface area (Å²) in [4.78, 5) is 0. The summed E-state index contributed by atoms with van der Waals surface area (Å²) < 4.78 is 40.3. The summed E-state index contributed by atoms with van der Waals surface area (Å²) in [7, 11) is 0. The van der Waals surface area contributed by atoms with Crippen LogP contribution in [0.15, 0.2) is 121 Å². The largest absolute Gasteiger partial charge is 0.374 e. The first-order valence-electron chi connectivity index (χ1n) is 22.2. The van der Waals surface area contributed by atoms with Gasteiger partial charge in [0.25, 0.3) is 0 Å². The Labute approximate surface area is 344 Å². The normalized spacial score (nSPS) is 19.5. The van der Waals surface area contributed by atoms with Crippen LogP contribution in [0.4, 0.5) is 0 Å². The van der Waals surface area contributed by atoms with Crippen molar-refractivity contribution in [3.63, 3.8) is 0 Å². The molecule has 4 aromatic carbocycles. The van der Waals surface area contributed by atoms with Gasteiger partial charge in [0, 0.05) is 6.61 Å². The van der Waals surface area contributed by atoms with E-state index in [0.717, 1.165) is 35.1 Å². The van der Waals surface area contributed by atoms with Gasteiger partial charge in [-0.05, 0) is 28.7 Å². The van der Waals surface area contributed by atoms with E-state index in [1.165, 1.54) is 83.5 Å². The van der Waals surface area contributed by atoms with E-state index in [9.17, 15) is 0 Å². The summed E-state index contributed by atoms with van der Waals surface area (Å²) in [6.45, 7) is 4.89. The van der Waals surface area contributed by atoms with Crippen molar-refractivity contribution >= 4 is 0 Å². The molecule has 0 spiro atoms. The van der Waals surface area contributed by atoms with Gasteiger partial charge in [-0.15, -0.1) is 0 Å². The Kier molecular flexibility index (Phi) is 22.1. The summed E-state index contributed by atoms with van der Waals surface area (Å²) in [6.07, 6.45) is 17.3. The van der Waals surface area contributed by atoms with Gasteiger partial charge in [-0.2, -0.15) is 0 Å². The minimum absolute atomic E-state index is 0.323. The van der Waals surface area contributed by atoms with Gasteiger partial charge >= 0.3 is 0 Å². The molecular formula is C51H70O6. The van der Waals surface area contributed by atoms with E-state index in [0.29, 0.717) is 39.6 Å². The SMILES string of the molecule is CCCCCCCCCCCCCCCCCO[C@H]1O[C@H](COCc2ccccc2)[C@@H](OCc2ccccc2)[C@H](OCc2ccccc2)[C@H]1OCc1ccccc1. The van der Waals surface area contributed by atoms with Crippen LogP contribution in [0, 0.1) is 0 Å². The van der Waals surface area contributed by atoms with Crippen molar-refractivity contribution in [3.05, 3.63) is 144 Å². The third-order valence-corrected chi connectivity index (χ3v) is 10.9. The highest BCUT2D eigenvalue weighted by molar-refractivity contribution is 5.16. The van der Waals surface area contributed by atoms with E-state index in [2.05, 4.69) is 55.5 Å². The van der Waals surface area contributed by atoms with Crippen molar-refractivity contribution in [1.82, 2.24) is 0 Å². The predicted molar refractivity (Wildman–Crippen MR) is 231 cm³/mol. The Morgan fingerprint density at radius 1 is 0.386 bits per heavy atom. The van der Waals surface area contributed by atoms with Crippen LogP contribution in [0.3, 0.4) is 0 Å². The minimum atomic E-state index is -0.650. The Bertz CT molecular complexity index is 1520. The molecule has 1 aliphatic heterocycles. The summed E-state index contributed by atoms with van der Waals surface area (Å²) in [5.41, 5.74) is 4.35. The molecule has 0 amide bonds. The molecular weight excluding hydrogens is 709 g/mol. The van der Waals surface area contributed by atoms with Crippen LogP contribution in [0.5, 0.6) is 0 Å². The van der Waals surface area contributed by atoms with Gasteiger partial charge in [-0.1, -0.05) is 218 Å². The lowest BCUT2D eigenvalue weighted by Crippen LogP contribution is -2.61. The van der Waals surface area contributed by atoms with Gasteiger partial charge in [-0.3, -0.25) is 0 Å². The molecule has 0 bridgehead atoms. The predicted octanol–water partition coefficient (Wildman–Crippen LogP) is 12.6. The van der Waals surface area contributed by atoms with Crippen LogP contribution in [-0.4, -0.2) is 43.9 Å². The maximum Gasteiger partial charge on any atom is 0.186 e. The molecule has 0 N–H and O–H groups in total. The molecule has 0 radical (unpaired) electrons. The van der Waals surface area contributed by atoms with Gasteiger partial charge in [0.1, 0.15) is 24.4 Å². The molecule has 5 atom stereocenters. The van der Waals surface area contributed by atoms with Crippen LogP contribution < -0.4 is 0 Å². The highest BCUT2D eigenvalue weighted by Gasteiger charge is 2.49. The number of ether oxygens (including phenoxy) is 6. The second-order valence-corrected chi connectivity index (χ2v) is 15.6. The second kappa shape index (κ2) is 28.1. The van der Waals surface area contributed by atoms with E-state index in [4.69, 9.17) is 28.4 Å². The molecule has 0 aliphatic carbocycles. The quantitative estimate of drug-likeness (QED) is 0.0491. The maximum atomic E-state index is 6.86. The third-order valence-electron chi connectivity index (χ3n) is 10.9. The Morgan fingerprint density at radius 3 is 1.19 bits per heavy atom. The van der Waals surface area contributed by atoms with Crippen LogP contribution in [0.1, 0.15) is 125 Å². The molecule has 0 saturated carbocycles. The highest BCUT2D eigenvalue weighted by Crippen LogP contribution is 2.32. The molecule has 1 saturated heterocycles. The van der Waals surface area contributed by atoms with E-state index in [1.54, 1.807) is 0 Å². The van der Waals surface area contributed by atoms with Crippen molar-refractivity contribution < 1.29 is 28.4 Å². The van der Waals surface area contributed by atoms with Gasteiger partial charge in [-0.25, -0.2) is 0 Å². The average Bonchev–Trinajstić information content (AvgIpc) is 3.26. The number of unbranched alkanes of at least 4 members (excludes halogenated alkanes) is 14. The average molecular weight is 779 g/mol. The van der Waals surface area contributed by atoms with Crippen LogP contribution >= 0.6 is 0 Å². The number of hydrogen-bond acceptors (Lipinski definition) is 6. The second-order valence-electron chi connectivity index (χ2n) is 15.6. The van der Waals surface area contributed by atoms with Gasteiger partial charge in [0.15, 0.2) is 6.29 Å². The molecule has 4 aromatic rings. The Balaban J connectivity index is 1.21. The zero-order valence-corrected chi connectivity index (χ0v) is 34.7. The fourth-order valence-electron chi connectivity index (χ4n) is 7.55. The van der Waals surface area contributed by atoms with Crippen molar-refractivity contribution in [2.75, 3.05) is 13.2 Å². The molecule has 0 unspecified atom stereocenters. The van der Waals surface area contributed by atoms with Crippen LogP contribution in [0.25, 0.3) is 0 Å². The lowest BCUT2D eigenvalue weighted by Gasteiger charge is -2.46. The number of hydrogen-bond donors (Lipinski definition) is 0. The minimum Gasteiger partial charge on any atom is -0.374 e. The first-order chi connectivity index (χ1) is 28.3. The zero-order chi connectivity index (χ0) is 39.4. The maximum absolute atomic E-state index is 6.86. The van der Waals surface area contributed by atoms with E-state index >= 15 is 0 Å². The number of rotatable bonds is 30. The highest BCUT2D eigenvalue weighted by atomic mass is 16.7. The monoisotopic (exact) mass is 779 g/mol. The first kappa shape index (κ1) is 44.7. The molecule has 1 aliphatic rings. The third kappa shape index (κ3) is 17.6. The zero-order valence-electron chi connectivity index (χ0n) is 34.7. The van der Waals surface area contributed by atoms with Crippen molar-refractivity contribution in [2.45, 2.75) is 160 Å². The van der Waals surface area contributed by atoms with E-state index in [1.807, 2.05) is 72.8 Å². The fourth-order valence-corrected chi connectivity index (χ4v) is 7.55. The molecule has 1 heterocycles. The Hall–Kier alpha value is -3.36. The van der Waals surface area contributed by atoms with Gasteiger partial charge < -0.3 is 28.4 Å². The molecule has 310 valence electrons. The molecule has 6 heteroatoms. The summed E-state index contributed by atoms with van der Waals surface area (Å²) in [5.74, 6) is 0. The van der Waals surface area contributed by atoms with Crippen molar-refractivity contribution in [2.24, 2.45) is 0 Å². The number of benzene rings is 4. The lowest BCUT2D eigenvalue weighted by atomic mass is 9.97. The smallest absolute Gasteiger partial charge is 0.186 e. The molecule has 1 fully saturated rings. The van der Waals surface area contributed by atoms with Crippen molar-refractivity contribution in [3.8, 4) is 0 Å². The summed E-state index contributed by atoms with van der Waals surface area (Å²) in [5, 5.41) is 0. The fraction of sp³-hybridized carbons (Fsp3) is 0.529. The standard InChI is InChI=1S/C51H70O6/c1-2-3-4-5-6-7-8-9-10-11-12-13-14-15-28-37-53-51-50(56-41-46-35-26-19-27-36-46)49(55-40-45-33-24-18-25-34-45)48(54-39-44-31-22-17-23-32-44)47(57-51)42-52-38-43-29-20-16-21-30-43/h16-27,29-36,47-51H,2-15,28,37-42H2,1H3/t47-,48-,49+,50-,51+/m1/s1.